The Balaban J connectivity index is 1.44. The van der Waals surface area contributed by atoms with Gasteiger partial charge < -0.3 is 14.5 Å². The molecule has 2 aromatic carbocycles. The first-order chi connectivity index (χ1) is 16.6. The largest absolute Gasteiger partial charge is 0.483 e. The van der Waals surface area contributed by atoms with Gasteiger partial charge in [0, 0.05) is 5.02 Å². The van der Waals surface area contributed by atoms with Crippen molar-refractivity contribution in [3.63, 3.8) is 0 Å². The Morgan fingerprint density at radius 1 is 0.971 bits per heavy atom. The summed E-state index contributed by atoms with van der Waals surface area (Å²) in [5.41, 5.74) is 2.98. The van der Waals surface area contributed by atoms with E-state index in [0.29, 0.717) is 38.8 Å². The zero-order valence-electron chi connectivity index (χ0n) is 18.5. The lowest BCUT2D eigenvalue weighted by molar-refractivity contribution is 0.0992. The van der Waals surface area contributed by atoms with Crippen molar-refractivity contribution in [2.75, 3.05) is 5.32 Å². The van der Waals surface area contributed by atoms with E-state index in [1.807, 2.05) is 19.9 Å². The van der Waals surface area contributed by atoms with E-state index in [4.69, 9.17) is 67.2 Å². The normalized spacial score (nSPS) is 11.1. The van der Waals surface area contributed by atoms with Gasteiger partial charge >= 0.3 is 0 Å². The van der Waals surface area contributed by atoms with Gasteiger partial charge in [0.15, 0.2) is 11.5 Å². The molecule has 11 heteroatoms. The van der Waals surface area contributed by atoms with Crippen molar-refractivity contribution in [2.24, 2.45) is 0 Å². The zero-order chi connectivity index (χ0) is 25.3. The van der Waals surface area contributed by atoms with Crippen LogP contribution in [0.2, 0.25) is 25.1 Å². The number of carbonyl (C=O) groups excluding carboxylic acids is 1. The number of nitrogens with one attached hydrogen (secondary N) is 1. The molecule has 0 radical (unpaired) electrons. The molecule has 0 saturated heterocycles. The van der Waals surface area contributed by atoms with Crippen molar-refractivity contribution in [1.29, 1.82) is 0 Å². The van der Waals surface area contributed by atoms with Gasteiger partial charge in [-0.3, -0.25) is 9.48 Å². The molecule has 4 rings (SSSR count). The summed E-state index contributed by atoms with van der Waals surface area (Å²) in [6, 6.07) is 11.6. The Kier molecular flexibility index (Phi) is 7.89. The minimum Gasteiger partial charge on any atom is -0.483 e. The molecule has 0 aliphatic carbocycles. The zero-order valence-corrected chi connectivity index (χ0v) is 22.2. The second kappa shape index (κ2) is 10.7. The van der Waals surface area contributed by atoms with Crippen molar-refractivity contribution >= 4 is 69.6 Å². The number of halogens is 5. The molecule has 182 valence electrons. The maximum absolute atomic E-state index is 12.8. The first-order valence-electron chi connectivity index (χ1n) is 10.3. The highest BCUT2D eigenvalue weighted by molar-refractivity contribution is 6.42. The molecule has 2 aromatic heterocycles. The SMILES string of the molecule is Cc1nn(Cc2ccc(Cl)c(Cl)c2)c(C)c1NC(=O)c1ccc(COc2c(Cl)cc(Cl)cc2Cl)o1. The monoisotopic (exact) mass is 571 g/mol. The molecule has 4 aromatic rings. The molecule has 6 nitrogen and oxygen atoms in total. The van der Waals surface area contributed by atoms with Crippen molar-refractivity contribution in [3.8, 4) is 5.75 Å². The van der Waals surface area contributed by atoms with Crippen molar-refractivity contribution in [3.05, 3.63) is 96.0 Å². The smallest absolute Gasteiger partial charge is 0.291 e. The number of anilines is 1. The minimum atomic E-state index is -0.418. The van der Waals surface area contributed by atoms with Gasteiger partial charge in [0.05, 0.1) is 43.7 Å². The summed E-state index contributed by atoms with van der Waals surface area (Å²) in [7, 11) is 0. The number of rotatable bonds is 7. The topological polar surface area (TPSA) is 69.3 Å². The number of hydrogen-bond acceptors (Lipinski definition) is 4. The van der Waals surface area contributed by atoms with Crippen LogP contribution in [-0.4, -0.2) is 15.7 Å². The number of nitrogens with zero attached hydrogens (tertiary/aromatic N) is 2. The van der Waals surface area contributed by atoms with Crippen LogP contribution in [0.15, 0.2) is 46.9 Å². The molecule has 35 heavy (non-hydrogen) atoms. The van der Waals surface area contributed by atoms with E-state index in [0.717, 1.165) is 11.3 Å². The van der Waals surface area contributed by atoms with Gasteiger partial charge in [-0.05, 0) is 55.8 Å². The molecule has 0 bridgehead atoms. The van der Waals surface area contributed by atoms with E-state index in [1.54, 1.807) is 28.9 Å². The van der Waals surface area contributed by atoms with Crippen LogP contribution >= 0.6 is 58.0 Å². The Labute approximate surface area is 226 Å². The predicted molar refractivity (Wildman–Crippen MR) is 140 cm³/mol. The van der Waals surface area contributed by atoms with Crippen LogP contribution in [-0.2, 0) is 13.2 Å². The van der Waals surface area contributed by atoms with E-state index in [2.05, 4.69) is 10.4 Å². The highest BCUT2D eigenvalue weighted by Gasteiger charge is 2.19. The number of furan rings is 1. The molecule has 0 spiro atoms. The number of aromatic nitrogens is 2. The standard InChI is InChI=1S/C24H18Cl5N3O3/c1-12-22(13(2)32(31-12)10-14-3-5-17(26)18(27)7-14)30-24(33)21-6-4-16(35-21)11-34-23-19(28)8-15(25)9-20(23)29/h3-9H,10-11H2,1-2H3,(H,30,33). The Hall–Kier alpha value is -2.35. The lowest BCUT2D eigenvalue weighted by Gasteiger charge is -2.09. The van der Waals surface area contributed by atoms with Crippen LogP contribution in [0.4, 0.5) is 5.69 Å². The van der Waals surface area contributed by atoms with Crippen LogP contribution in [0.3, 0.4) is 0 Å². The summed E-state index contributed by atoms with van der Waals surface area (Å²) in [6.45, 7) is 4.18. The lowest BCUT2D eigenvalue weighted by Crippen LogP contribution is -2.12. The summed E-state index contributed by atoms with van der Waals surface area (Å²) >= 11 is 30.3. The molecule has 0 unspecified atom stereocenters. The maximum atomic E-state index is 12.8. The van der Waals surface area contributed by atoms with Gasteiger partial charge in [-0.15, -0.1) is 0 Å². The van der Waals surface area contributed by atoms with Gasteiger partial charge in [-0.25, -0.2) is 0 Å². The number of ether oxygens (including phenoxy) is 1. The number of hydrogen-bond donors (Lipinski definition) is 1. The first-order valence-corrected chi connectivity index (χ1v) is 12.2. The third-order valence-corrected chi connectivity index (χ3v) is 6.66. The molecule has 0 aliphatic rings. The van der Waals surface area contributed by atoms with Crippen molar-refractivity contribution < 1.29 is 13.9 Å². The molecule has 0 fully saturated rings. The van der Waals surface area contributed by atoms with E-state index in [1.165, 1.54) is 12.1 Å². The molecule has 1 amide bonds. The fourth-order valence-electron chi connectivity index (χ4n) is 3.41. The molecule has 1 N–H and O–H groups in total. The second-order valence-electron chi connectivity index (χ2n) is 7.66. The molecule has 0 saturated carbocycles. The molecule has 2 heterocycles. The number of carbonyl (C=O) groups is 1. The quantitative estimate of drug-likeness (QED) is 0.242. The fourth-order valence-corrected chi connectivity index (χ4v) is 4.65. The predicted octanol–water partition coefficient (Wildman–Crippen LogP) is 8.24. The summed E-state index contributed by atoms with van der Waals surface area (Å²) in [6.07, 6.45) is 0. The molecule has 0 aliphatic heterocycles. The second-order valence-corrected chi connectivity index (χ2v) is 9.72. The highest BCUT2D eigenvalue weighted by Crippen LogP contribution is 2.36. The van der Waals surface area contributed by atoms with Crippen LogP contribution in [0.5, 0.6) is 5.75 Å². The molecule has 0 atom stereocenters. The van der Waals surface area contributed by atoms with Crippen LogP contribution < -0.4 is 10.1 Å². The average Bonchev–Trinajstić information content (AvgIpc) is 3.36. The van der Waals surface area contributed by atoms with E-state index >= 15 is 0 Å². The Morgan fingerprint density at radius 2 is 1.69 bits per heavy atom. The summed E-state index contributed by atoms with van der Waals surface area (Å²) in [5.74, 6) is 0.397. The van der Waals surface area contributed by atoms with Gasteiger partial charge in [0.25, 0.3) is 5.91 Å². The van der Waals surface area contributed by atoms with Crippen molar-refractivity contribution in [1.82, 2.24) is 9.78 Å². The van der Waals surface area contributed by atoms with E-state index in [-0.39, 0.29) is 28.2 Å². The van der Waals surface area contributed by atoms with E-state index in [9.17, 15) is 4.79 Å². The van der Waals surface area contributed by atoms with Gasteiger partial charge in [0.1, 0.15) is 12.4 Å². The van der Waals surface area contributed by atoms with Gasteiger partial charge in [-0.2, -0.15) is 5.10 Å². The third-order valence-electron chi connectivity index (χ3n) is 5.14. The lowest BCUT2D eigenvalue weighted by atomic mass is 10.2. The summed E-state index contributed by atoms with van der Waals surface area (Å²) in [5, 5.41) is 9.31. The third kappa shape index (κ3) is 5.90. The molecular weight excluding hydrogens is 556 g/mol. The summed E-state index contributed by atoms with van der Waals surface area (Å²) < 4.78 is 13.1. The number of benzene rings is 2. The Morgan fingerprint density at radius 3 is 2.37 bits per heavy atom. The van der Waals surface area contributed by atoms with Crippen LogP contribution in [0.1, 0.15) is 33.3 Å². The van der Waals surface area contributed by atoms with Gasteiger partial charge in [0.2, 0.25) is 0 Å². The van der Waals surface area contributed by atoms with Gasteiger partial charge in [-0.1, -0.05) is 64.1 Å². The fraction of sp³-hybridized carbons (Fsp3) is 0.167. The highest BCUT2D eigenvalue weighted by atomic mass is 35.5. The number of aryl methyl sites for hydroxylation is 1. The first kappa shape index (κ1) is 25.7. The Bertz CT molecular complexity index is 1390. The van der Waals surface area contributed by atoms with Crippen LogP contribution in [0, 0.1) is 13.8 Å². The number of amides is 1. The summed E-state index contributed by atoms with van der Waals surface area (Å²) in [4.78, 5) is 12.8. The van der Waals surface area contributed by atoms with E-state index < -0.39 is 5.91 Å². The maximum Gasteiger partial charge on any atom is 0.291 e. The minimum absolute atomic E-state index is 0.0218. The molecular formula is C24H18Cl5N3O3. The van der Waals surface area contributed by atoms with Crippen LogP contribution in [0.25, 0.3) is 0 Å². The van der Waals surface area contributed by atoms with Crippen molar-refractivity contribution in [2.45, 2.75) is 27.0 Å². The average molecular weight is 574 g/mol.